The zero-order valence-electron chi connectivity index (χ0n) is 9.94. The first-order valence-electron chi connectivity index (χ1n) is 6.68. The molecule has 86 valence electrons. The molecular weight excluding hydrogens is 194 g/mol. The van der Waals surface area contributed by atoms with E-state index in [-0.39, 0.29) is 0 Å². The summed E-state index contributed by atoms with van der Waals surface area (Å²) in [5.74, 6) is 2.08. The second-order valence-electron chi connectivity index (χ2n) is 5.45. The minimum absolute atomic E-state index is 1.04. The Morgan fingerprint density at radius 1 is 1.00 bits per heavy atom. The molecule has 1 saturated heterocycles. The van der Waals surface area contributed by atoms with Crippen LogP contribution in [0.5, 0.6) is 0 Å². The average Bonchev–Trinajstić information content (AvgIpc) is 2.88. The summed E-state index contributed by atoms with van der Waals surface area (Å²) >= 11 is 0. The largest absolute Gasteiger partial charge is 0.302 e. The third-order valence-corrected chi connectivity index (χ3v) is 4.36. The van der Waals surface area contributed by atoms with E-state index in [1.54, 1.807) is 0 Å². The van der Waals surface area contributed by atoms with E-state index in [9.17, 15) is 0 Å². The van der Waals surface area contributed by atoms with Crippen LogP contribution >= 0.6 is 0 Å². The van der Waals surface area contributed by atoms with E-state index in [0.29, 0.717) is 0 Å². The number of benzene rings is 1. The fourth-order valence-electron chi connectivity index (χ4n) is 3.45. The van der Waals surface area contributed by atoms with Crippen molar-refractivity contribution in [1.29, 1.82) is 0 Å². The number of nitrogens with zero attached hydrogens (tertiary/aromatic N) is 1. The average molecular weight is 215 g/mol. The summed E-state index contributed by atoms with van der Waals surface area (Å²) in [6, 6.07) is 10.9. The van der Waals surface area contributed by atoms with Crippen LogP contribution in [0.1, 0.15) is 24.8 Å². The molecule has 2 fully saturated rings. The molecule has 1 aliphatic carbocycles. The molecule has 2 aliphatic rings. The van der Waals surface area contributed by atoms with Crippen molar-refractivity contribution in [3.05, 3.63) is 35.9 Å². The highest BCUT2D eigenvalue weighted by Gasteiger charge is 2.35. The normalized spacial score (nSPS) is 29.5. The molecule has 1 heteroatoms. The summed E-state index contributed by atoms with van der Waals surface area (Å²) in [6.45, 7) is 4.01. The van der Waals surface area contributed by atoms with Crippen molar-refractivity contribution < 1.29 is 0 Å². The zero-order chi connectivity index (χ0) is 10.8. The summed E-state index contributed by atoms with van der Waals surface area (Å²) in [6.07, 6.45) is 5.70. The molecule has 0 spiro atoms. The van der Waals surface area contributed by atoms with Gasteiger partial charge in [0.05, 0.1) is 0 Å². The van der Waals surface area contributed by atoms with Gasteiger partial charge in [0.15, 0.2) is 0 Å². The third kappa shape index (κ3) is 2.15. The smallest absolute Gasteiger partial charge is 0.00221 e. The minimum atomic E-state index is 1.04. The van der Waals surface area contributed by atoms with E-state index in [0.717, 1.165) is 11.8 Å². The molecule has 1 aromatic rings. The molecule has 0 amide bonds. The molecule has 2 unspecified atom stereocenters. The van der Waals surface area contributed by atoms with Crippen molar-refractivity contribution in [3.63, 3.8) is 0 Å². The van der Waals surface area contributed by atoms with Gasteiger partial charge in [0.25, 0.3) is 0 Å². The van der Waals surface area contributed by atoms with Crippen LogP contribution in [0.3, 0.4) is 0 Å². The van der Waals surface area contributed by atoms with Crippen molar-refractivity contribution >= 4 is 0 Å². The molecule has 16 heavy (non-hydrogen) atoms. The highest BCUT2D eigenvalue weighted by atomic mass is 15.2. The Morgan fingerprint density at radius 3 is 2.38 bits per heavy atom. The number of rotatable bonds is 3. The summed E-state index contributed by atoms with van der Waals surface area (Å²) in [4.78, 5) is 2.68. The molecule has 2 atom stereocenters. The summed E-state index contributed by atoms with van der Waals surface area (Å²) in [5.41, 5.74) is 1.49. The van der Waals surface area contributed by atoms with Crippen LogP contribution in [0.15, 0.2) is 30.3 Å². The van der Waals surface area contributed by atoms with Gasteiger partial charge in [-0.2, -0.15) is 0 Å². The van der Waals surface area contributed by atoms with Gasteiger partial charge in [-0.25, -0.2) is 0 Å². The molecule has 1 heterocycles. The third-order valence-electron chi connectivity index (χ3n) is 4.36. The van der Waals surface area contributed by atoms with Gasteiger partial charge in [0.2, 0.25) is 0 Å². The van der Waals surface area contributed by atoms with Crippen LogP contribution in [0.4, 0.5) is 0 Å². The van der Waals surface area contributed by atoms with Crippen LogP contribution in [-0.2, 0) is 6.42 Å². The molecule has 3 rings (SSSR count). The Bertz CT molecular complexity index is 321. The molecule has 1 aliphatic heterocycles. The van der Waals surface area contributed by atoms with Gasteiger partial charge in [-0.05, 0) is 36.7 Å². The zero-order valence-corrected chi connectivity index (χ0v) is 9.94. The van der Waals surface area contributed by atoms with Crippen LogP contribution in [0, 0.1) is 11.8 Å². The van der Waals surface area contributed by atoms with Gasteiger partial charge in [0.1, 0.15) is 0 Å². The first-order chi connectivity index (χ1) is 7.92. The van der Waals surface area contributed by atoms with E-state index in [4.69, 9.17) is 0 Å². The topological polar surface area (TPSA) is 3.24 Å². The first kappa shape index (κ1) is 10.3. The molecular formula is C15H21N. The highest BCUT2D eigenvalue weighted by molar-refractivity contribution is 5.15. The van der Waals surface area contributed by atoms with Gasteiger partial charge in [-0.1, -0.05) is 36.8 Å². The minimum Gasteiger partial charge on any atom is -0.302 e. The fourth-order valence-corrected chi connectivity index (χ4v) is 3.45. The molecule has 0 bridgehead atoms. The Balaban J connectivity index is 1.50. The Labute approximate surface area is 98.5 Å². The van der Waals surface area contributed by atoms with Crippen molar-refractivity contribution in [2.75, 3.05) is 19.6 Å². The van der Waals surface area contributed by atoms with E-state index >= 15 is 0 Å². The predicted octanol–water partition coefficient (Wildman–Crippen LogP) is 2.96. The summed E-state index contributed by atoms with van der Waals surface area (Å²) in [5, 5.41) is 0. The Kier molecular flexibility index (Phi) is 2.96. The van der Waals surface area contributed by atoms with Crippen molar-refractivity contribution in [1.82, 2.24) is 4.90 Å². The molecule has 1 aromatic carbocycles. The Morgan fingerprint density at radius 2 is 1.69 bits per heavy atom. The van der Waals surface area contributed by atoms with E-state index in [1.165, 1.54) is 50.9 Å². The van der Waals surface area contributed by atoms with Crippen LogP contribution < -0.4 is 0 Å². The van der Waals surface area contributed by atoms with Gasteiger partial charge >= 0.3 is 0 Å². The highest BCUT2D eigenvalue weighted by Crippen LogP contribution is 2.37. The first-order valence-corrected chi connectivity index (χ1v) is 6.68. The van der Waals surface area contributed by atoms with E-state index in [1.807, 2.05) is 0 Å². The maximum atomic E-state index is 2.68. The lowest BCUT2D eigenvalue weighted by Gasteiger charge is -2.16. The van der Waals surface area contributed by atoms with Gasteiger partial charge in [0, 0.05) is 19.6 Å². The molecule has 1 saturated carbocycles. The van der Waals surface area contributed by atoms with Gasteiger partial charge in [-0.3, -0.25) is 0 Å². The number of hydrogen-bond donors (Lipinski definition) is 0. The van der Waals surface area contributed by atoms with Gasteiger partial charge in [-0.15, -0.1) is 0 Å². The second kappa shape index (κ2) is 4.58. The van der Waals surface area contributed by atoms with E-state index in [2.05, 4.69) is 35.2 Å². The molecule has 0 N–H and O–H groups in total. The standard InChI is InChI=1S/C15H21N/c1-2-5-13(6-3-1)9-10-16-11-14-7-4-8-15(14)12-16/h1-3,5-6,14-15H,4,7-12H2. The molecule has 0 radical (unpaired) electrons. The van der Waals surface area contributed by atoms with E-state index < -0.39 is 0 Å². The van der Waals surface area contributed by atoms with Gasteiger partial charge < -0.3 is 4.90 Å². The van der Waals surface area contributed by atoms with Crippen molar-refractivity contribution in [2.45, 2.75) is 25.7 Å². The number of likely N-dealkylation sites (tertiary alicyclic amines) is 1. The predicted molar refractivity (Wildman–Crippen MR) is 67.4 cm³/mol. The quantitative estimate of drug-likeness (QED) is 0.749. The summed E-state index contributed by atoms with van der Waals surface area (Å²) in [7, 11) is 0. The number of hydrogen-bond acceptors (Lipinski definition) is 1. The second-order valence-corrected chi connectivity index (χ2v) is 5.45. The maximum absolute atomic E-state index is 2.68. The number of fused-ring (bicyclic) bond motifs is 1. The lowest BCUT2D eigenvalue weighted by molar-refractivity contribution is 0.315. The summed E-state index contributed by atoms with van der Waals surface area (Å²) < 4.78 is 0. The fraction of sp³-hybridized carbons (Fsp3) is 0.600. The monoisotopic (exact) mass is 215 g/mol. The lowest BCUT2D eigenvalue weighted by Crippen LogP contribution is -2.24. The van der Waals surface area contributed by atoms with Crippen molar-refractivity contribution in [2.24, 2.45) is 11.8 Å². The Hall–Kier alpha value is -0.820. The lowest BCUT2D eigenvalue weighted by atomic mass is 10.0. The van der Waals surface area contributed by atoms with Crippen molar-refractivity contribution in [3.8, 4) is 0 Å². The molecule has 1 nitrogen and oxygen atoms in total. The molecule has 0 aromatic heterocycles. The maximum Gasteiger partial charge on any atom is 0.00221 e. The van der Waals surface area contributed by atoms with Crippen LogP contribution in [-0.4, -0.2) is 24.5 Å². The van der Waals surface area contributed by atoms with Crippen LogP contribution in [0.2, 0.25) is 0 Å². The van der Waals surface area contributed by atoms with Crippen LogP contribution in [0.25, 0.3) is 0 Å². The SMILES string of the molecule is c1ccc(CCN2CC3CCCC3C2)cc1.